The van der Waals surface area contributed by atoms with Gasteiger partial charge >= 0.3 is 0 Å². The second-order valence-electron chi connectivity index (χ2n) is 8.10. The number of halogens is 1. The second-order valence-corrected chi connectivity index (χ2v) is 8.89. The number of rotatable bonds is 9. The molecular formula is C25H33BrN2O3. The molecule has 0 unspecified atom stereocenters. The van der Waals surface area contributed by atoms with Gasteiger partial charge in [0.2, 0.25) is 5.91 Å². The normalized spacial score (nSPS) is 12.7. The summed E-state index contributed by atoms with van der Waals surface area (Å²) in [5.41, 5.74) is 4.17. The minimum Gasteiger partial charge on any atom is -0.484 e. The quantitative estimate of drug-likeness (QED) is 0.534. The minimum atomic E-state index is -0.613. The summed E-state index contributed by atoms with van der Waals surface area (Å²) in [6, 6.07) is 11.1. The molecule has 2 amide bonds. The number of carbonyl (C=O) groups is 2. The van der Waals surface area contributed by atoms with Gasteiger partial charge in [-0.2, -0.15) is 0 Å². The first-order valence-electron chi connectivity index (χ1n) is 10.7. The average Bonchev–Trinajstić information content (AvgIpc) is 2.74. The Balaban J connectivity index is 2.21. The summed E-state index contributed by atoms with van der Waals surface area (Å²) >= 11 is 3.55. The number of benzene rings is 2. The van der Waals surface area contributed by atoms with Gasteiger partial charge in [0, 0.05) is 17.1 Å². The van der Waals surface area contributed by atoms with Gasteiger partial charge in [0.25, 0.3) is 5.91 Å². The fraction of sp³-hybridized carbons (Fsp3) is 0.440. The fourth-order valence-corrected chi connectivity index (χ4v) is 3.47. The van der Waals surface area contributed by atoms with E-state index in [-0.39, 0.29) is 24.5 Å². The fourth-order valence-electron chi connectivity index (χ4n) is 3.24. The molecular weight excluding hydrogens is 456 g/mol. The van der Waals surface area contributed by atoms with E-state index in [1.807, 2.05) is 71.0 Å². The standard InChI is InChI=1S/C25H33BrN2O3/c1-7-19(5)27-25(30)20(6)28(14-21-11-9-8-10-16(21)2)23(29)15-31-22-12-17(3)24(26)18(4)13-22/h8-13,19-20H,7,14-15H2,1-6H3,(H,27,30)/t19-,20-/m1/s1. The molecule has 2 atom stereocenters. The summed E-state index contributed by atoms with van der Waals surface area (Å²) in [6.07, 6.45) is 0.829. The van der Waals surface area contributed by atoms with E-state index in [9.17, 15) is 9.59 Å². The molecule has 2 aromatic carbocycles. The van der Waals surface area contributed by atoms with E-state index >= 15 is 0 Å². The smallest absolute Gasteiger partial charge is 0.261 e. The lowest BCUT2D eigenvalue weighted by Crippen LogP contribution is -2.50. The van der Waals surface area contributed by atoms with Crippen LogP contribution < -0.4 is 10.1 Å². The number of nitrogens with one attached hydrogen (secondary N) is 1. The van der Waals surface area contributed by atoms with Crippen LogP contribution >= 0.6 is 15.9 Å². The van der Waals surface area contributed by atoms with Crippen molar-refractivity contribution in [2.75, 3.05) is 6.61 Å². The van der Waals surface area contributed by atoms with E-state index in [4.69, 9.17) is 4.74 Å². The van der Waals surface area contributed by atoms with Crippen molar-refractivity contribution in [3.63, 3.8) is 0 Å². The van der Waals surface area contributed by atoms with Gasteiger partial charge in [0.05, 0.1) is 0 Å². The van der Waals surface area contributed by atoms with Gasteiger partial charge in [-0.15, -0.1) is 0 Å². The second kappa shape index (κ2) is 11.3. The first kappa shape index (κ1) is 24.9. The van der Waals surface area contributed by atoms with E-state index in [1.54, 1.807) is 11.8 Å². The highest BCUT2D eigenvalue weighted by molar-refractivity contribution is 9.10. The Bertz CT molecular complexity index is 906. The molecule has 0 aromatic heterocycles. The van der Waals surface area contributed by atoms with E-state index < -0.39 is 6.04 Å². The average molecular weight is 489 g/mol. The van der Waals surface area contributed by atoms with Crippen molar-refractivity contribution < 1.29 is 14.3 Å². The summed E-state index contributed by atoms with van der Waals surface area (Å²) in [7, 11) is 0. The third kappa shape index (κ3) is 6.82. The summed E-state index contributed by atoms with van der Waals surface area (Å²) in [5.74, 6) is 0.249. The Labute approximate surface area is 194 Å². The summed E-state index contributed by atoms with van der Waals surface area (Å²) in [5, 5.41) is 2.98. The maximum Gasteiger partial charge on any atom is 0.261 e. The molecule has 0 bridgehead atoms. The van der Waals surface area contributed by atoms with Crippen LogP contribution in [-0.2, 0) is 16.1 Å². The van der Waals surface area contributed by atoms with Crippen LogP contribution in [0.4, 0.5) is 0 Å². The van der Waals surface area contributed by atoms with E-state index in [1.165, 1.54) is 0 Å². The Morgan fingerprint density at radius 1 is 1.06 bits per heavy atom. The molecule has 2 aromatic rings. The van der Waals surface area contributed by atoms with Crippen molar-refractivity contribution in [1.29, 1.82) is 0 Å². The predicted octanol–water partition coefficient (Wildman–Crippen LogP) is 5.09. The predicted molar refractivity (Wildman–Crippen MR) is 128 cm³/mol. The van der Waals surface area contributed by atoms with E-state index in [0.29, 0.717) is 12.3 Å². The Hall–Kier alpha value is -2.34. The molecule has 0 heterocycles. The lowest BCUT2D eigenvalue weighted by atomic mass is 10.1. The molecule has 0 aliphatic carbocycles. The molecule has 0 fully saturated rings. The molecule has 0 saturated carbocycles. The van der Waals surface area contributed by atoms with Gasteiger partial charge in [-0.25, -0.2) is 0 Å². The first-order valence-corrected chi connectivity index (χ1v) is 11.5. The SMILES string of the molecule is CC[C@@H](C)NC(=O)[C@@H](C)N(Cc1ccccc1C)C(=O)COc1cc(C)c(Br)c(C)c1. The lowest BCUT2D eigenvalue weighted by Gasteiger charge is -2.30. The number of nitrogens with zero attached hydrogens (tertiary/aromatic N) is 1. The third-order valence-corrected chi connectivity index (χ3v) is 6.79. The van der Waals surface area contributed by atoms with Crippen molar-refractivity contribution >= 4 is 27.7 Å². The van der Waals surface area contributed by atoms with Gasteiger partial charge in [-0.1, -0.05) is 47.1 Å². The molecule has 0 radical (unpaired) electrons. The highest BCUT2D eigenvalue weighted by Crippen LogP contribution is 2.26. The van der Waals surface area contributed by atoms with Gasteiger partial charge in [0.1, 0.15) is 11.8 Å². The van der Waals surface area contributed by atoms with E-state index in [2.05, 4.69) is 21.2 Å². The molecule has 1 N–H and O–H groups in total. The highest BCUT2D eigenvalue weighted by atomic mass is 79.9. The van der Waals surface area contributed by atoms with Crippen LogP contribution in [0.15, 0.2) is 40.9 Å². The molecule has 0 aliphatic heterocycles. The topological polar surface area (TPSA) is 58.6 Å². The van der Waals surface area contributed by atoms with Crippen molar-refractivity contribution in [1.82, 2.24) is 10.2 Å². The zero-order valence-electron chi connectivity index (χ0n) is 19.3. The van der Waals surface area contributed by atoms with Crippen LogP contribution in [0, 0.1) is 20.8 Å². The maximum absolute atomic E-state index is 13.2. The Kier molecular flexibility index (Phi) is 9.11. The molecule has 5 nitrogen and oxygen atoms in total. The van der Waals surface area contributed by atoms with Crippen LogP contribution in [0.5, 0.6) is 5.75 Å². The summed E-state index contributed by atoms with van der Waals surface area (Å²) in [6.45, 7) is 11.9. The van der Waals surface area contributed by atoms with Crippen LogP contribution in [-0.4, -0.2) is 35.4 Å². The molecule has 0 spiro atoms. The number of aryl methyl sites for hydroxylation is 3. The third-order valence-electron chi connectivity index (χ3n) is 5.54. The maximum atomic E-state index is 13.2. The van der Waals surface area contributed by atoms with Crippen molar-refractivity contribution in [3.8, 4) is 5.75 Å². The van der Waals surface area contributed by atoms with Crippen LogP contribution in [0.1, 0.15) is 49.4 Å². The van der Waals surface area contributed by atoms with Gasteiger partial charge in [0.15, 0.2) is 6.61 Å². The monoisotopic (exact) mass is 488 g/mol. The molecule has 0 aliphatic rings. The summed E-state index contributed by atoms with van der Waals surface area (Å²) in [4.78, 5) is 27.6. The van der Waals surface area contributed by atoms with Crippen LogP contribution in [0.3, 0.4) is 0 Å². The number of carbonyl (C=O) groups excluding carboxylic acids is 2. The Morgan fingerprint density at radius 3 is 2.26 bits per heavy atom. The number of ether oxygens (including phenoxy) is 1. The largest absolute Gasteiger partial charge is 0.484 e. The zero-order chi connectivity index (χ0) is 23.1. The lowest BCUT2D eigenvalue weighted by molar-refractivity contribution is -0.142. The number of hydrogen-bond acceptors (Lipinski definition) is 3. The molecule has 6 heteroatoms. The van der Waals surface area contributed by atoms with E-state index in [0.717, 1.165) is 33.1 Å². The van der Waals surface area contributed by atoms with Crippen molar-refractivity contribution in [2.45, 2.75) is 66.6 Å². The van der Waals surface area contributed by atoms with Crippen molar-refractivity contribution in [3.05, 3.63) is 63.1 Å². The minimum absolute atomic E-state index is 0.0512. The summed E-state index contributed by atoms with van der Waals surface area (Å²) < 4.78 is 6.85. The molecule has 0 saturated heterocycles. The first-order chi connectivity index (χ1) is 14.6. The highest BCUT2D eigenvalue weighted by Gasteiger charge is 2.27. The zero-order valence-corrected chi connectivity index (χ0v) is 20.9. The van der Waals surface area contributed by atoms with Gasteiger partial charge < -0.3 is 15.0 Å². The molecule has 168 valence electrons. The Morgan fingerprint density at radius 2 is 1.68 bits per heavy atom. The van der Waals surface area contributed by atoms with Crippen LogP contribution in [0.25, 0.3) is 0 Å². The van der Waals surface area contributed by atoms with Gasteiger partial charge in [-0.3, -0.25) is 9.59 Å². The molecule has 2 rings (SSSR count). The van der Waals surface area contributed by atoms with Crippen molar-refractivity contribution in [2.24, 2.45) is 0 Å². The number of amides is 2. The van der Waals surface area contributed by atoms with Gasteiger partial charge in [-0.05, 0) is 75.4 Å². The van der Waals surface area contributed by atoms with Crippen LogP contribution in [0.2, 0.25) is 0 Å². The molecule has 31 heavy (non-hydrogen) atoms. The number of hydrogen-bond donors (Lipinski definition) is 1.